The summed E-state index contributed by atoms with van der Waals surface area (Å²) < 4.78 is 27.2. The molecule has 1 atom stereocenters. The SMILES string of the molecule is CC(C)CC(C#N)NS(=O)(=O)c1ccc2c(c1)C(=O)NCC2. The van der Waals surface area contributed by atoms with Gasteiger partial charge in [-0.2, -0.15) is 9.98 Å². The Kier molecular flexibility index (Phi) is 4.84. The van der Waals surface area contributed by atoms with Crippen LogP contribution in [0, 0.1) is 17.2 Å². The first-order valence-corrected chi connectivity index (χ1v) is 8.65. The second kappa shape index (κ2) is 6.46. The van der Waals surface area contributed by atoms with E-state index in [-0.39, 0.29) is 16.7 Å². The zero-order chi connectivity index (χ0) is 16.3. The predicted molar refractivity (Wildman–Crippen MR) is 81.7 cm³/mol. The Labute approximate surface area is 130 Å². The lowest BCUT2D eigenvalue weighted by Gasteiger charge is -2.18. The molecule has 22 heavy (non-hydrogen) atoms. The van der Waals surface area contributed by atoms with Crippen LogP contribution >= 0.6 is 0 Å². The first-order chi connectivity index (χ1) is 10.3. The second-order valence-corrected chi connectivity index (χ2v) is 7.47. The van der Waals surface area contributed by atoms with Crippen LogP contribution in [0.4, 0.5) is 0 Å². The van der Waals surface area contributed by atoms with Crippen molar-refractivity contribution >= 4 is 15.9 Å². The molecule has 2 N–H and O–H groups in total. The van der Waals surface area contributed by atoms with E-state index in [0.717, 1.165) is 5.56 Å². The average Bonchev–Trinajstić information content (AvgIpc) is 2.46. The highest BCUT2D eigenvalue weighted by Crippen LogP contribution is 2.19. The average molecular weight is 321 g/mol. The van der Waals surface area contributed by atoms with Crippen LogP contribution in [-0.2, 0) is 16.4 Å². The molecule has 1 aromatic carbocycles. The number of carbonyl (C=O) groups is 1. The highest BCUT2D eigenvalue weighted by atomic mass is 32.2. The summed E-state index contributed by atoms with van der Waals surface area (Å²) in [6.07, 6.45) is 1.12. The van der Waals surface area contributed by atoms with Gasteiger partial charge in [0.2, 0.25) is 10.0 Å². The summed E-state index contributed by atoms with van der Waals surface area (Å²) in [7, 11) is -3.83. The van der Waals surface area contributed by atoms with E-state index >= 15 is 0 Å². The quantitative estimate of drug-likeness (QED) is 0.851. The smallest absolute Gasteiger partial charge is 0.251 e. The molecule has 1 aliphatic heterocycles. The Morgan fingerprint density at radius 2 is 2.14 bits per heavy atom. The van der Waals surface area contributed by atoms with Gasteiger partial charge in [-0.25, -0.2) is 8.42 Å². The van der Waals surface area contributed by atoms with Gasteiger partial charge in [-0.15, -0.1) is 0 Å². The number of fused-ring (bicyclic) bond motifs is 1. The summed E-state index contributed by atoms with van der Waals surface area (Å²) in [4.78, 5) is 11.8. The summed E-state index contributed by atoms with van der Waals surface area (Å²) in [5.74, 6) is -0.0704. The van der Waals surface area contributed by atoms with Gasteiger partial charge in [0.25, 0.3) is 5.91 Å². The number of sulfonamides is 1. The van der Waals surface area contributed by atoms with E-state index in [1.807, 2.05) is 19.9 Å². The summed E-state index contributed by atoms with van der Waals surface area (Å²) in [6.45, 7) is 4.39. The Hall–Kier alpha value is -1.91. The minimum atomic E-state index is -3.83. The van der Waals surface area contributed by atoms with Crippen LogP contribution in [0.25, 0.3) is 0 Å². The molecule has 0 saturated carbocycles. The van der Waals surface area contributed by atoms with Crippen molar-refractivity contribution in [3.8, 4) is 6.07 Å². The van der Waals surface area contributed by atoms with Crippen molar-refractivity contribution in [3.63, 3.8) is 0 Å². The minimum Gasteiger partial charge on any atom is -0.352 e. The predicted octanol–water partition coefficient (Wildman–Crippen LogP) is 1.19. The molecule has 0 bridgehead atoms. The zero-order valence-electron chi connectivity index (χ0n) is 12.6. The fourth-order valence-electron chi connectivity index (χ4n) is 2.41. The van der Waals surface area contributed by atoms with E-state index in [0.29, 0.717) is 24.9 Å². The molecular weight excluding hydrogens is 302 g/mol. The number of hydrogen-bond acceptors (Lipinski definition) is 4. The molecule has 0 spiro atoms. The summed E-state index contributed by atoms with van der Waals surface area (Å²) in [5.41, 5.74) is 1.22. The number of amides is 1. The van der Waals surface area contributed by atoms with E-state index in [9.17, 15) is 13.2 Å². The summed E-state index contributed by atoms with van der Waals surface area (Å²) in [5, 5.41) is 11.8. The lowest BCUT2D eigenvalue weighted by atomic mass is 10.0. The van der Waals surface area contributed by atoms with Crippen LogP contribution in [-0.4, -0.2) is 26.9 Å². The highest BCUT2D eigenvalue weighted by Gasteiger charge is 2.24. The van der Waals surface area contributed by atoms with Crippen molar-refractivity contribution < 1.29 is 13.2 Å². The topological polar surface area (TPSA) is 99.1 Å². The fourth-order valence-corrected chi connectivity index (χ4v) is 3.59. The Balaban J connectivity index is 2.28. The monoisotopic (exact) mass is 321 g/mol. The summed E-state index contributed by atoms with van der Waals surface area (Å²) >= 11 is 0. The molecule has 7 heteroatoms. The van der Waals surface area contributed by atoms with E-state index in [1.165, 1.54) is 12.1 Å². The van der Waals surface area contributed by atoms with Gasteiger partial charge in [0.1, 0.15) is 6.04 Å². The molecule has 118 valence electrons. The molecule has 1 unspecified atom stereocenters. The number of benzene rings is 1. The third kappa shape index (κ3) is 3.64. The number of nitrogens with one attached hydrogen (secondary N) is 2. The van der Waals surface area contributed by atoms with Gasteiger partial charge in [0, 0.05) is 12.1 Å². The van der Waals surface area contributed by atoms with Crippen LogP contribution in [0.1, 0.15) is 36.2 Å². The zero-order valence-corrected chi connectivity index (χ0v) is 13.4. The molecule has 0 aliphatic carbocycles. The van der Waals surface area contributed by atoms with Crippen molar-refractivity contribution in [2.75, 3.05) is 6.54 Å². The Bertz CT molecular complexity index is 720. The van der Waals surface area contributed by atoms with Crippen LogP contribution in [0.3, 0.4) is 0 Å². The molecule has 1 aromatic rings. The maximum Gasteiger partial charge on any atom is 0.251 e. The second-order valence-electron chi connectivity index (χ2n) is 5.76. The first kappa shape index (κ1) is 16.5. The van der Waals surface area contributed by atoms with Crippen LogP contribution in [0.5, 0.6) is 0 Å². The van der Waals surface area contributed by atoms with Crippen LogP contribution < -0.4 is 10.0 Å². The van der Waals surface area contributed by atoms with Crippen molar-refractivity contribution in [2.24, 2.45) is 5.92 Å². The maximum absolute atomic E-state index is 12.4. The summed E-state index contributed by atoms with van der Waals surface area (Å²) in [6, 6.07) is 5.68. The molecule has 0 fully saturated rings. The van der Waals surface area contributed by atoms with E-state index in [4.69, 9.17) is 5.26 Å². The highest BCUT2D eigenvalue weighted by molar-refractivity contribution is 7.89. The molecule has 0 aromatic heterocycles. The number of nitrogens with zero attached hydrogens (tertiary/aromatic N) is 1. The van der Waals surface area contributed by atoms with Gasteiger partial charge >= 0.3 is 0 Å². The van der Waals surface area contributed by atoms with Gasteiger partial charge in [0.05, 0.1) is 11.0 Å². The lowest BCUT2D eigenvalue weighted by Crippen LogP contribution is -2.35. The first-order valence-electron chi connectivity index (χ1n) is 7.16. The molecule has 1 amide bonds. The molecular formula is C15H19N3O3S. The largest absolute Gasteiger partial charge is 0.352 e. The van der Waals surface area contributed by atoms with Crippen molar-refractivity contribution in [1.82, 2.24) is 10.0 Å². The number of carbonyl (C=O) groups excluding carboxylic acids is 1. The number of hydrogen-bond donors (Lipinski definition) is 2. The standard InChI is InChI=1S/C15H19N3O3S/c1-10(2)7-12(9-16)18-22(20,21)13-4-3-11-5-6-17-15(19)14(11)8-13/h3-4,8,10,12,18H,5-7H2,1-2H3,(H,17,19). The maximum atomic E-state index is 12.4. The number of rotatable bonds is 5. The van der Waals surface area contributed by atoms with Crippen molar-refractivity contribution in [1.29, 1.82) is 5.26 Å². The van der Waals surface area contributed by atoms with Gasteiger partial charge in [-0.1, -0.05) is 19.9 Å². The van der Waals surface area contributed by atoms with Crippen molar-refractivity contribution in [2.45, 2.75) is 37.6 Å². The Morgan fingerprint density at radius 1 is 1.41 bits per heavy atom. The molecule has 6 nitrogen and oxygen atoms in total. The fraction of sp³-hybridized carbons (Fsp3) is 0.467. The van der Waals surface area contributed by atoms with E-state index in [2.05, 4.69) is 10.0 Å². The van der Waals surface area contributed by atoms with Gasteiger partial charge in [-0.05, 0) is 36.5 Å². The third-order valence-corrected chi connectivity index (χ3v) is 4.95. The van der Waals surface area contributed by atoms with Crippen molar-refractivity contribution in [3.05, 3.63) is 29.3 Å². The molecule has 1 aliphatic rings. The lowest BCUT2D eigenvalue weighted by molar-refractivity contribution is 0.0945. The minimum absolute atomic E-state index is 0.00676. The Morgan fingerprint density at radius 3 is 2.77 bits per heavy atom. The van der Waals surface area contributed by atoms with E-state index in [1.54, 1.807) is 6.07 Å². The van der Waals surface area contributed by atoms with Crippen LogP contribution in [0.15, 0.2) is 23.1 Å². The molecule has 2 rings (SSSR count). The third-order valence-electron chi connectivity index (χ3n) is 3.48. The van der Waals surface area contributed by atoms with Crippen LogP contribution in [0.2, 0.25) is 0 Å². The molecule has 0 saturated heterocycles. The van der Waals surface area contributed by atoms with Gasteiger partial charge in [-0.3, -0.25) is 4.79 Å². The van der Waals surface area contributed by atoms with Gasteiger partial charge in [0.15, 0.2) is 0 Å². The van der Waals surface area contributed by atoms with E-state index < -0.39 is 16.1 Å². The molecule has 0 radical (unpaired) electrons. The normalized spacial score (nSPS) is 15.8. The molecule has 1 heterocycles. The number of nitriles is 1. The van der Waals surface area contributed by atoms with Gasteiger partial charge < -0.3 is 5.32 Å².